The standard InChI is InChI=1S/C13H18FN3/c14-11-2-1-3-12-13(11)10(8-16-12)9-17-6-4-15-5-7-17/h1-3,10,15-16H,4-9H2. The molecule has 0 aromatic heterocycles. The molecule has 0 radical (unpaired) electrons. The van der Waals surface area contributed by atoms with Gasteiger partial charge >= 0.3 is 0 Å². The molecule has 1 aromatic carbocycles. The van der Waals surface area contributed by atoms with Crippen LogP contribution in [0.5, 0.6) is 0 Å². The minimum atomic E-state index is -0.0624. The highest BCUT2D eigenvalue weighted by Crippen LogP contribution is 2.33. The van der Waals surface area contributed by atoms with Gasteiger partial charge in [-0.2, -0.15) is 0 Å². The van der Waals surface area contributed by atoms with Gasteiger partial charge < -0.3 is 15.5 Å². The van der Waals surface area contributed by atoms with Crippen molar-refractivity contribution in [1.29, 1.82) is 0 Å². The van der Waals surface area contributed by atoms with Crippen LogP contribution >= 0.6 is 0 Å². The minimum Gasteiger partial charge on any atom is -0.384 e. The summed E-state index contributed by atoms with van der Waals surface area (Å²) in [7, 11) is 0. The molecule has 0 bridgehead atoms. The number of fused-ring (bicyclic) bond motifs is 1. The van der Waals surface area contributed by atoms with Crippen molar-refractivity contribution in [2.24, 2.45) is 0 Å². The molecule has 2 heterocycles. The van der Waals surface area contributed by atoms with Crippen LogP contribution in [-0.4, -0.2) is 44.2 Å². The molecule has 1 unspecified atom stereocenters. The third kappa shape index (κ3) is 2.15. The smallest absolute Gasteiger partial charge is 0.128 e. The van der Waals surface area contributed by atoms with Crippen LogP contribution in [0.2, 0.25) is 0 Å². The molecule has 4 heteroatoms. The van der Waals surface area contributed by atoms with Crippen LogP contribution < -0.4 is 10.6 Å². The number of halogens is 1. The first kappa shape index (κ1) is 11.0. The van der Waals surface area contributed by atoms with Crippen LogP contribution in [0.25, 0.3) is 0 Å². The maximum absolute atomic E-state index is 13.8. The van der Waals surface area contributed by atoms with Crippen molar-refractivity contribution in [1.82, 2.24) is 10.2 Å². The molecule has 2 N–H and O–H groups in total. The Labute approximate surface area is 101 Å². The van der Waals surface area contributed by atoms with Crippen molar-refractivity contribution >= 4 is 5.69 Å². The zero-order chi connectivity index (χ0) is 11.7. The molecule has 2 aliphatic heterocycles. The van der Waals surface area contributed by atoms with Crippen LogP contribution in [0.15, 0.2) is 18.2 Å². The van der Waals surface area contributed by atoms with Gasteiger partial charge in [-0.05, 0) is 12.1 Å². The maximum atomic E-state index is 13.8. The summed E-state index contributed by atoms with van der Waals surface area (Å²) in [5, 5.41) is 6.64. The summed E-state index contributed by atoms with van der Waals surface area (Å²) >= 11 is 0. The van der Waals surface area contributed by atoms with E-state index in [1.54, 1.807) is 12.1 Å². The normalized spacial score (nSPS) is 24.4. The summed E-state index contributed by atoms with van der Waals surface area (Å²) in [5.41, 5.74) is 1.86. The Hall–Kier alpha value is -1.13. The predicted molar refractivity (Wildman–Crippen MR) is 66.9 cm³/mol. The second-order valence-electron chi connectivity index (χ2n) is 4.83. The Kier molecular flexibility index (Phi) is 2.99. The van der Waals surface area contributed by atoms with Crippen molar-refractivity contribution in [2.45, 2.75) is 5.92 Å². The van der Waals surface area contributed by atoms with E-state index in [0.717, 1.165) is 50.5 Å². The fourth-order valence-electron chi connectivity index (χ4n) is 2.80. The van der Waals surface area contributed by atoms with Gasteiger partial charge in [-0.15, -0.1) is 0 Å². The molecule has 1 fully saturated rings. The number of benzene rings is 1. The molecule has 92 valence electrons. The summed E-state index contributed by atoms with van der Waals surface area (Å²) < 4.78 is 13.8. The monoisotopic (exact) mass is 235 g/mol. The number of anilines is 1. The molecular weight excluding hydrogens is 217 g/mol. The van der Waals surface area contributed by atoms with E-state index in [1.165, 1.54) is 0 Å². The van der Waals surface area contributed by atoms with Gasteiger partial charge in [0, 0.05) is 56.4 Å². The highest BCUT2D eigenvalue weighted by Gasteiger charge is 2.27. The largest absolute Gasteiger partial charge is 0.384 e. The number of piperazine rings is 1. The molecule has 1 atom stereocenters. The number of hydrogen-bond acceptors (Lipinski definition) is 3. The van der Waals surface area contributed by atoms with Gasteiger partial charge in [-0.1, -0.05) is 6.07 Å². The first-order valence-electron chi connectivity index (χ1n) is 6.30. The first-order valence-corrected chi connectivity index (χ1v) is 6.30. The van der Waals surface area contributed by atoms with Crippen molar-refractivity contribution in [3.8, 4) is 0 Å². The number of nitrogens with zero attached hydrogens (tertiary/aromatic N) is 1. The van der Waals surface area contributed by atoms with Gasteiger partial charge in [-0.3, -0.25) is 0 Å². The van der Waals surface area contributed by atoms with Crippen LogP contribution in [0, 0.1) is 5.82 Å². The molecule has 1 aromatic rings. The fraction of sp³-hybridized carbons (Fsp3) is 0.538. The van der Waals surface area contributed by atoms with Gasteiger partial charge in [0.25, 0.3) is 0 Å². The minimum absolute atomic E-state index is 0.0624. The Bertz CT molecular complexity index is 402. The molecular formula is C13H18FN3. The van der Waals surface area contributed by atoms with Gasteiger partial charge in [0.1, 0.15) is 5.82 Å². The van der Waals surface area contributed by atoms with Gasteiger partial charge in [0.2, 0.25) is 0 Å². The van der Waals surface area contributed by atoms with Crippen LogP contribution in [0.4, 0.5) is 10.1 Å². The lowest BCUT2D eigenvalue weighted by Gasteiger charge is -2.29. The summed E-state index contributed by atoms with van der Waals surface area (Å²) in [6.45, 7) is 6.05. The highest BCUT2D eigenvalue weighted by atomic mass is 19.1. The average molecular weight is 235 g/mol. The lowest BCUT2D eigenvalue weighted by molar-refractivity contribution is 0.229. The number of rotatable bonds is 2. The first-order chi connectivity index (χ1) is 8.34. The quantitative estimate of drug-likeness (QED) is 0.807. The predicted octanol–water partition coefficient (Wildman–Crippen LogP) is 1.24. The van der Waals surface area contributed by atoms with E-state index in [-0.39, 0.29) is 5.82 Å². The zero-order valence-corrected chi connectivity index (χ0v) is 9.88. The fourth-order valence-corrected chi connectivity index (χ4v) is 2.80. The lowest BCUT2D eigenvalue weighted by Crippen LogP contribution is -2.45. The molecule has 2 aliphatic rings. The lowest BCUT2D eigenvalue weighted by atomic mass is 10.00. The third-order valence-corrected chi connectivity index (χ3v) is 3.69. The second-order valence-corrected chi connectivity index (χ2v) is 4.83. The second kappa shape index (κ2) is 4.63. The summed E-state index contributed by atoms with van der Waals surface area (Å²) in [6.07, 6.45) is 0. The molecule has 3 rings (SSSR count). The zero-order valence-electron chi connectivity index (χ0n) is 9.88. The Balaban J connectivity index is 1.74. The number of hydrogen-bond donors (Lipinski definition) is 2. The van der Waals surface area contributed by atoms with Crippen LogP contribution in [-0.2, 0) is 0 Å². The van der Waals surface area contributed by atoms with Crippen molar-refractivity contribution in [3.05, 3.63) is 29.6 Å². The van der Waals surface area contributed by atoms with Gasteiger partial charge in [0.05, 0.1) is 0 Å². The van der Waals surface area contributed by atoms with Crippen LogP contribution in [0.1, 0.15) is 11.5 Å². The Morgan fingerprint density at radius 3 is 2.94 bits per heavy atom. The SMILES string of the molecule is Fc1cccc2c1C(CN1CCNCC1)CN2. The highest BCUT2D eigenvalue weighted by molar-refractivity contribution is 5.58. The van der Waals surface area contributed by atoms with Gasteiger partial charge in [0.15, 0.2) is 0 Å². The van der Waals surface area contributed by atoms with E-state index in [2.05, 4.69) is 15.5 Å². The topological polar surface area (TPSA) is 27.3 Å². The molecule has 0 saturated carbocycles. The van der Waals surface area contributed by atoms with Gasteiger partial charge in [-0.25, -0.2) is 4.39 Å². The molecule has 0 spiro atoms. The third-order valence-electron chi connectivity index (χ3n) is 3.69. The number of nitrogens with one attached hydrogen (secondary N) is 2. The maximum Gasteiger partial charge on any atom is 0.128 e. The molecule has 0 aliphatic carbocycles. The van der Waals surface area contributed by atoms with Crippen molar-refractivity contribution in [2.75, 3.05) is 44.6 Å². The average Bonchev–Trinajstić information content (AvgIpc) is 2.75. The van der Waals surface area contributed by atoms with E-state index in [1.807, 2.05) is 6.07 Å². The van der Waals surface area contributed by atoms with Crippen molar-refractivity contribution < 1.29 is 4.39 Å². The van der Waals surface area contributed by atoms with E-state index in [9.17, 15) is 4.39 Å². The summed E-state index contributed by atoms with van der Waals surface area (Å²) in [6, 6.07) is 5.31. The molecule has 17 heavy (non-hydrogen) atoms. The summed E-state index contributed by atoms with van der Waals surface area (Å²) in [5.74, 6) is 0.233. The van der Waals surface area contributed by atoms with E-state index < -0.39 is 0 Å². The van der Waals surface area contributed by atoms with E-state index in [4.69, 9.17) is 0 Å². The van der Waals surface area contributed by atoms with E-state index in [0.29, 0.717) is 5.92 Å². The van der Waals surface area contributed by atoms with E-state index >= 15 is 0 Å². The van der Waals surface area contributed by atoms with Crippen LogP contribution in [0.3, 0.4) is 0 Å². The Morgan fingerprint density at radius 1 is 1.29 bits per heavy atom. The molecule has 0 amide bonds. The molecule has 3 nitrogen and oxygen atoms in total. The molecule has 1 saturated heterocycles. The van der Waals surface area contributed by atoms with Crippen molar-refractivity contribution in [3.63, 3.8) is 0 Å². The summed E-state index contributed by atoms with van der Waals surface area (Å²) in [4.78, 5) is 2.42. The Morgan fingerprint density at radius 2 is 2.12 bits per heavy atom.